The Morgan fingerprint density at radius 1 is 1.04 bits per heavy atom. The lowest BCUT2D eigenvalue weighted by Crippen LogP contribution is -2.53. The summed E-state index contributed by atoms with van der Waals surface area (Å²) in [7, 11) is 0. The van der Waals surface area contributed by atoms with Gasteiger partial charge in [-0.2, -0.15) is 0 Å². The molecule has 1 aliphatic heterocycles. The highest BCUT2D eigenvalue weighted by molar-refractivity contribution is 6.13. The normalized spacial score (nSPS) is 15.4. The molecule has 5 amide bonds. The number of hydrogen-bond donors (Lipinski definition) is 3. The fourth-order valence-corrected chi connectivity index (χ4v) is 3.32. The van der Waals surface area contributed by atoms with Gasteiger partial charge in [0.1, 0.15) is 6.04 Å². The van der Waals surface area contributed by atoms with Crippen LogP contribution in [0.25, 0.3) is 0 Å². The Hall–Kier alpha value is -2.71. The Kier molecular flexibility index (Phi) is 7.49. The van der Waals surface area contributed by atoms with Crippen molar-refractivity contribution in [2.45, 2.75) is 59.5 Å². The van der Waals surface area contributed by atoms with Gasteiger partial charge in [-0.05, 0) is 34.1 Å². The molecule has 1 heterocycles. The van der Waals surface area contributed by atoms with Gasteiger partial charge in [-0.15, -0.1) is 0 Å². The number of hydrogen-bond acceptors (Lipinski definition) is 5. The molecule has 9 heteroatoms. The lowest BCUT2D eigenvalue weighted by Gasteiger charge is -2.39. The molecule has 0 saturated heterocycles. The van der Waals surface area contributed by atoms with E-state index in [1.807, 2.05) is 0 Å². The van der Waals surface area contributed by atoms with Crippen molar-refractivity contribution in [3.8, 4) is 0 Å². The topological polar surface area (TPSA) is 125 Å². The third-order valence-corrected chi connectivity index (χ3v) is 4.44. The highest BCUT2D eigenvalue weighted by Crippen LogP contribution is 2.33. The molecule has 28 heavy (non-hydrogen) atoms. The second kappa shape index (κ2) is 8.99. The zero-order valence-electron chi connectivity index (χ0n) is 17.3. The molecule has 0 aliphatic carbocycles. The highest BCUT2D eigenvalue weighted by atomic mass is 16.2. The predicted molar refractivity (Wildman–Crippen MR) is 103 cm³/mol. The molecule has 156 valence electrons. The summed E-state index contributed by atoms with van der Waals surface area (Å²) in [6.07, 6.45) is 2.62. The lowest BCUT2D eigenvalue weighted by atomic mass is 9.78. The first-order valence-corrected chi connectivity index (χ1v) is 9.23. The van der Waals surface area contributed by atoms with Gasteiger partial charge in [0.05, 0.1) is 6.54 Å². The van der Waals surface area contributed by atoms with Crippen molar-refractivity contribution in [1.82, 2.24) is 20.9 Å². The number of imide groups is 1. The predicted octanol–water partition coefficient (Wildman–Crippen LogP) is -0.137. The number of amides is 5. The summed E-state index contributed by atoms with van der Waals surface area (Å²) in [6.45, 7) is 10.3. The van der Waals surface area contributed by atoms with Gasteiger partial charge in [0, 0.05) is 29.7 Å². The maximum absolute atomic E-state index is 12.6. The van der Waals surface area contributed by atoms with E-state index in [-0.39, 0.29) is 18.9 Å². The zero-order valence-corrected chi connectivity index (χ0v) is 17.3. The molecule has 0 spiro atoms. The summed E-state index contributed by atoms with van der Waals surface area (Å²) in [6, 6.07) is -0.712. The minimum atomic E-state index is -0.946. The number of likely N-dealkylation sites (N-methyl/N-ethyl adjacent to an activating group) is 1. The summed E-state index contributed by atoms with van der Waals surface area (Å²) in [4.78, 5) is 61.2. The third-order valence-electron chi connectivity index (χ3n) is 4.44. The number of nitrogens with zero attached hydrogens (tertiary/aromatic N) is 1. The first-order valence-electron chi connectivity index (χ1n) is 9.23. The van der Waals surface area contributed by atoms with Crippen molar-refractivity contribution in [3.63, 3.8) is 0 Å². The second-order valence-electron chi connectivity index (χ2n) is 8.08. The number of nitrogens with one attached hydrogen (secondary N) is 3. The molecule has 1 aliphatic rings. The van der Waals surface area contributed by atoms with Crippen LogP contribution < -0.4 is 16.0 Å². The van der Waals surface area contributed by atoms with Gasteiger partial charge in [-0.25, -0.2) is 0 Å². The van der Waals surface area contributed by atoms with E-state index in [0.29, 0.717) is 6.54 Å². The van der Waals surface area contributed by atoms with Crippen molar-refractivity contribution >= 4 is 29.5 Å². The van der Waals surface area contributed by atoms with Crippen LogP contribution in [0, 0.1) is 5.41 Å². The standard InChI is InChI=1S/C19H30N4O5/c1-7-20-16(27)12(2)22-13(24)10-21-17(28)18(3,4)11-19(5,6)23-14(25)8-9-15(23)26/h8-9,12H,7,10-11H2,1-6H3,(H,20,27)(H,21,28)(H,22,24). The Balaban J connectivity index is 2.62. The van der Waals surface area contributed by atoms with Crippen LogP contribution in [0.5, 0.6) is 0 Å². The molecule has 0 aromatic rings. The summed E-state index contributed by atoms with van der Waals surface area (Å²) in [5.41, 5.74) is -1.83. The first-order chi connectivity index (χ1) is 12.8. The molecule has 0 fully saturated rings. The maximum Gasteiger partial charge on any atom is 0.254 e. The van der Waals surface area contributed by atoms with Crippen LogP contribution in [0.1, 0.15) is 48.0 Å². The minimum Gasteiger partial charge on any atom is -0.355 e. The SMILES string of the molecule is CCNC(=O)C(C)NC(=O)CNC(=O)C(C)(C)CC(C)(C)N1C(=O)C=CC1=O. The molecule has 0 saturated carbocycles. The summed E-state index contributed by atoms with van der Waals surface area (Å²) < 4.78 is 0. The molecule has 0 bridgehead atoms. The second-order valence-corrected chi connectivity index (χ2v) is 8.08. The molecule has 9 nitrogen and oxygen atoms in total. The number of rotatable bonds is 9. The van der Waals surface area contributed by atoms with Crippen LogP contribution >= 0.6 is 0 Å². The van der Waals surface area contributed by atoms with Crippen molar-refractivity contribution in [2.24, 2.45) is 5.41 Å². The first kappa shape index (κ1) is 23.3. The van der Waals surface area contributed by atoms with Crippen LogP contribution in [0.2, 0.25) is 0 Å². The van der Waals surface area contributed by atoms with E-state index in [4.69, 9.17) is 0 Å². The van der Waals surface area contributed by atoms with Crippen LogP contribution in [0.3, 0.4) is 0 Å². The van der Waals surface area contributed by atoms with Crippen molar-refractivity contribution in [1.29, 1.82) is 0 Å². The quantitative estimate of drug-likeness (QED) is 0.470. The fraction of sp³-hybridized carbons (Fsp3) is 0.632. The molecule has 0 aromatic heterocycles. The fourth-order valence-electron chi connectivity index (χ4n) is 3.32. The molecule has 1 atom stereocenters. The lowest BCUT2D eigenvalue weighted by molar-refractivity contribution is -0.146. The van der Waals surface area contributed by atoms with E-state index in [1.54, 1.807) is 41.5 Å². The van der Waals surface area contributed by atoms with Gasteiger partial charge >= 0.3 is 0 Å². The highest BCUT2D eigenvalue weighted by Gasteiger charge is 2.43. The zero-order chi connectivity index (χ0) is 21.7. The number of carbonyl (C=O) groups excluding carboxylic acids is 5. The van der Waals surface area contributed by atoms with E-state index in [0.717, 1.165) is 4.90 Å². The van der Waals surface area contributed by atoms with Gasteiger partial charge in [-0.3, -0.25) is 28.9 Å². The minimum absolute atomic E-state index is 0.210. The third kappa shape index (κ3) is 5.90. The molecular weight excluding hydrogens is 364 g/mol. The van der Waals surface area contributed by atoms with Crippen molar-refractivity contribution < 1.29 is 24.0 Å². The Morgan fingerprint density at radius 2 is 1.57 bits per heavy atom. The Bertz CT molecular complexity index is 678. The van der Waals surface area contributed by atoms with Gasteiger partial charge in [0.15, 0.2) is 0 Å². The maximum atomic E-state index is 12.6. The van der Waals surface area contributed by atoms with Crippen molar-refractivity contribution in [3.05, 3.63) is 12.2 Å². The largest absolute Gasteiger partial charge is 0.355 e. The van der Waals surface area contributed by atoms with Crippen LogP contribution in [-0.4, -0.2) is 59.1 Å². The van der Waals surface area contributed by atoms with Crippen molar-refractivity contribution in [2.75, 3.05) is 13.1 Å². The van der Waals surface area contributed by atoms with Gasteiger partial charge in [-0.1, -0.05) is 13.8 Å². The Morgan fingerprint density at radius 3 is 2.07 bits per heavy atom. The monoisotopic (exact) mass is 394 g/mol. The van der Waals surface area contributed by atoms with Crippen LogP contribution in [0.4, 0.5) is 0 Å². The van der Waals surface area contributed by atoms with E-state index in [9.17, 15) is 24.0 Å². The van der Waals surface area contributed by atoms with Gasteiger partial charge in [0.2, 0.25) is 17.7 Å². The van der Waals surface area contributed by atoms with Gasteiger partial charge < -0.3 is 16.0 Å². The molecule has 1 unspecified atom stereocenters. The molecule has 0 aromatic carbocycles. The van der Waals surface area contributed by atoms with E-state index >= 15 is 0 Å². The summed E-state index contributed by atoms with van der Waals surface area (Å²) in [5.74, 6) is -2.02. The smallest absolute Gasteiger partial charge is 0.254 e. The number of carbonyl (C=O) groups is 5. The summed E-state index contributed by atoms with van der Waals surface area (Å²) >= 11 is 0. The van der Waals surface area contributed by atoms with Gasteiger partial charge in [0.25, 0.3) is 11.8 Å². The molecular formula is C19H30N4O5. The molecule has 1 rings (SSSR count). The average Bonchev–Trinajstić information content (AvgIpc) is 2.91. The van der Waals surface area contributed by atoms with E-state index in [2.05, 4.69) is 16.0 Å². The average molecular weight is 394 g/mol. The van der Waals surface area contributed by atoms with E-state index in [1.165, 1.54) is 12.2 Å². The molecule has 0 radical (unpaired) electrons. The van der Waals surface area contributed by atoms with Crippen LogP contribution in [0.15, 0.2) is 12.2 Å². The summed E-state index contributed by atoms with van der Waals surface area (Å²) in [5, 5.41) is 7.65. The molecule has 3 N–H and O–H groups in total. The Labute approximate surface area is 165 Å². The van der Waals surface area contributed by atoms with Crippen LogP contribution in [-0.2, 0) is 24.0 Å². The van der Waals surface area contributed by atoms with E-state index < -0.39 is 40.6 Å².